The van der Waals surface area contributed by atoms with Gasteiger partial charge in [-0.3, -0.25) is 0 Å². The third kappa shape index (κ3) is 18.6. The van der Waals surface area contributed by atoms with Crippen LogP contribution in [0.5, 0.6) is 0 Å². The summed E-state index contributed by atoms with van der Waals surface area (Å²) in [5.41, 5.74) is 1.59. The highest BCUT2D eigenvalue weighted by Gasteiger charge is 2.35. The Labute approximate surface area is 224 Å². The largest absolute Gasteiger partial charge is 0.147 e. The smallest absolute Gasteiger partial charge is 0.0614 e. The molecule has 1 atom stereocenters. The van der Waals surface area contributed by atoms with Gasteiger partial charge in [0.25, 0.3) is 0 Å². The second-order valence-electron chi connectivity index (χ2n) is 10.4. The van der Waals surface area contributed by atoms with Crippen LogP contribution in [0, 0.1) is 0 Å². The van der Waals surface area contributed by atoms with E-state index in [4.69, 9.17) is 0 Å². The highest BCUT2D eigenvalue weighted by atomic mass is 35.5. The van der Waals surface area contributed by atoms with Gasteiger partial charge in [-0.25, -0.2) is 0 Å². The molecule has 1 rings (SSSR count). The van der Waals surface area contributed by atoms with Crippen molar-refractivity contribution < 1.29 is 0 Å². The predicted molar refractivity (Wildman–Crippen MR) is 167 cm³/mol. The van der Waals surface area contributed by atoms with Gasteiger partial charge in [0.15, 0.2) is 0 Å². The van der Waals surface area contributed by atoms with Crippen LogP contribution in [-0.4, -0.2) is 18.5 Å². The molecule has 0 N–H and O–H groups in total. The van der Waals surface area contributed by atoms with Gasteiger partial charge in [-0.2, -0.15) is 0 Å². The summed E-state index contributed by atoms with van der Waals surface area (Å²) >= 11 is 0. The average molecular weight is 530 g/mol. The quantitative estimate of drug-likeness (QED) is 0.0922. The molecule has 200 valence electrons. The van der Waals surface area contributed by atoms with Gasteiger partial charge < -0.3 is 0 Å². The monoisotopic (exact) mass is 529 g/mol. The minimum absolute atomic E-state index is 0. The van der Waals surface area contributed by atoms with E-state index in [0.29, 0.717) is 0 Å². The summed E-state index contributed by atoms with van der Waals surface area (Å²) < 4.78 is 0. The third-order valence-electron chi connectivity index (χ3n) is 7.28. The molecule has 34 heavy (non-hydrogen) atoms. The number of halogens is 1. The van der Waals surface area contributed by atoms with Crippen molar-refractivity contribution in [2.75, 3.05) is 18.5 Å². The van der Waals surface area contributed by atoms with Gasteiger partial charge in [0.2, 0.25) is 0 Å². The minimum atomic E-state index is -0.801. The van der Waals surface area contributed by atoms with Crippen molar-refractivity contribution in [2.24, 2.45) is 0 Å². The topological polar surface area (TPSA) is 0 Å². The second kappa shape index (κ2) is 25.0. The molecular formula is C31H60ClP2+. The van der Waals surface area contributed by atoms with E-state index in [-0.39, 0.29) is 12.4 Å². The van der Waals surface area contributed by atoms with Crippen LogP contribution in [0.15, 0.2) is 30.3 Å². The van der Waals surface area contributed by atoms with Gasteiger partial charge >= 0.3 is 0 Å². The molecule has 0 amide bonds. The van der Waals surface area contributed by atoms with E-state index >= 15 is 0 Å². The zero-order valence-electron chi connectivity index (χ0n) is 23.3. The van der Waals surface area contributed by atoms with E-state index in [1.165, 1.54) is 130 Å². The molecule has 0 bridgehead atoms. The number of hydrogen-bond acceptors (Lipinski definition) is 0. The van der Waals surface area contributed by atoms with Crippen LogP contribution in [0.4, 0.5) is 0 Å². The molecule has 0 nitrogen and oxygen atoms in total. The van der Waals surface area contributed by atoms with Crippen LogP contribution >= 0.6 is 27.6 Å². The van der Waals surface area contributed by atoms with E-state index in [0.717, 1.165) is 0 Å². The summed E-state index contributed by atoms with van der Waals surface area (Å²) in [4.78, 5) is 0. The zero-order chi connectivity index (χ0) is 23.9. The van der Waals surface area contributed by atoms with E-state index < -0.39 is 6.95 Å². The zero-order valence-corrected chi connectivity index (χ0v) is 26.0. The normalized spacial score (nSPS) is 11.9. The Morgan fingerprint density at radius 3 is 1.24 bits per heavy atom. The average Bonchev–Trinajstić information content (AvgIpc) is 2.85. The van der Waals surface area contributed by atoms with Crippen LogP contribution in [0.2, 0.25) is 0 Å². The van der Waals surface area contributed by atoms with Crippen molar-refractivity contribution in [3.05, 3.63) is 35.9 Å². The van der Waals surface area contributed by atoms with Crippen molar-refractivity contribution >= 4 is 27.6 Å². The molecule has 3 heteroatoms. The molecule has 0 aromatic heterocycles. The Bertz CT molecular complexity index is 479. The number of rotatable bonds is 24. The van der Waals surface area contributed by atoms with E-state index in [1.54, 1.807) is 24.0 Å². The van der Waals surface area contributed by atoms with Crippen molar-refractivity contribution in [1.29, 1.82) is 0 Å². The van der Waals surface area contributed by atoms with Crippen LogP contribution in [0.3, 0.4) is 0 Å². The molecule has 1 unspecified atom stereocenters. The molecule has 0 spiro atoms. The molecule has 0 saturated heterocycles. The molecule has 0 fully saturated rings. The van der Waals surface area contributed by atoms with Crippen molar-refractivity contribution in [1.82, 2.24) is 0 Å². The Morgan fingerprint density at radius 2 is 0.853 bits per heavy atom. The van der Waals surface area contributed by atoms with Gasteiger partial charge in [0, 0.05) is 21.4 Å². The SMILES string of the molecule is CCCCCCCC[P+](CCCCCCCC)(CCCCCCCC)PCc1ccccc1.Cl. The summed E-state index contributed by atoms with van der Waals surface area (Å²) in [5.74, 6) is 0. The number of unbranched alkanes of at least 4 members (excludes halogenated alkanes) is 15. The lowest BCUT2D eigenvalue weighted by Crippen LogP contribution is -2.06. The molecule has 0 aliphatic carbocycles. The first-order valence-electron chi connectivity index (χ1n) is 14.9. The van der Waals surface area contributed by atoms with Crippen LogP contribution in [0.25, 0.3) is 0 Å². The molecule has 0 radical (unpaired) electrons. The fourth-order valence-corrected chi connectivity index (χ4v) is 13.8. The summed E-state index contributed by atoms with van der Waals surface area (Å²) in [5, 5.41) is 0. The first-order valence-corrected chi connectivity index (χ1v) is 19.3. The van der Waals surface area contributed by atoms with Crippen molar-refractivity contribution in [3.63, 3.8) is 0 Å². The third-order valence-corrected chi connectivity index (χ3v) is 16.5. The number of hydrogen-bond donors (Lipinski definition) is 0. The molecule has 0 aliphatic rings. The second-order valence-corrected chi connectivity index (χ2v) is 18.5. The summed E-state index contributed by atoms with van der Waals surface area (Å²) in [6.07, 6.45) is 32.4. The Kier molecular flexibility index (Phi) is 25.3. The Hall–Kier alpha value is 0.370. The molecule has 0 saturated carbocycles. The van der Waals surface area contributed by atoms with Crippen LogP contribution in [0.1, 0.15) is 142 Å². The highest BCUT2D eigenvalue weighted by Crippen LogP contribution is 2.76. The van der Waals surface area contributed by atoms with Crippen LogP contribution in [-0.2, 0) is 6.16 Å². The van der Waals surface area contributed by atoms with Gasteiger partial charge in [-0.1, -0.05) is 128 Å². The maximum Gasteiger partial charge on any atom is 0.0614 e. The standard InChI is InChI=1S/C31H59P2.ClH/c1-4-7-10-13-16-22-27-33(28-23-17-14-11-8-5-2,29-24-18-15-12-9-6-3)32-30-31-25-20-19-21-26-31;/h19-21,25-26,32H,4-18,22-24,27-30H2,1-3H3;1H/q+1;. The lowest BCUT2D eigenvalue weighted by molar-refractivity contribution is 0.617. The van der Waals surface area contributed by atoms with E-state index in [9.17, 15) is 0 Å². The minimum Gasteiger partial charge on any atom is -0.147 e. The molecule has 1 aromatic rings. The first kappa shape index (κ1) is 34.4. The molecular weight excluding hydrogens is 470 g/mol. The number of benzene rings is 1. The van der Waals surface area contributed by atoms with Gasteiger partial charge in [0.1, 0.15) is 0 Å². The summed E-state index contributed by atoms with van der Waals surface area (Å²) in [7, 11) is 1.22. The lowest BCUT2D eigenvalue weighted by atomic mass is 10.1. The Morgan fingerprint density at radius 1 is 0.500 bits per heavy atom. The van der Waals surface area contributed by atoms with E-state index in [1.807, 2.05) is 0 Å². The molecule has 1 aromatic carbocycles. The summed E-state index contributed by atoms with van der Waals surface area (Å²) in [6.45, 7) is 6.21. The fourth-order valence-electron chi connectivity index (χ4n) is 5.01. The van der Waals surface area contributed by atoms with Crippen molar-refractivity contribution in [2.45, 2.75) is 143 Å². The predicted octanol–water partition coefficient (Wildman–Crippen LogP) is 12.3. The fraction of sp³-hybridized carbons (Fsp3) is 0.806. The molecule has 0 aliphatic heterocycles. The molecule has 0 heterocycles. The summed E-state index contributed by atoms with van der Waals surface area (Å²) in [6, 6.07) is 11.4. The van der Waals surface area contributed by atoms with Gasteiger partial charge in [0.05, 0.1) is 18.5 Å². The van der Waals surface area contributed by atoms with Gasteiger partial charge in [-0.05, 0) is 44.1 Å². The Balaban J connectivity index is 0.0000109. The lowest BCUT2D eigenvalue weighted by Gasteiger charge is -2.28. The van der Waals surface area contributed by atoms with Crippen molar-refractivity contribution in [3.8, 4) is 0 Å². The van der Waals surface area contributed by atoms with E-state index in [2.05, 4.69) is 51.1 Å². The van der Waals surface area contributed by atoms with Gasteiger partial charge in [-0.15, -0.1) is 12.4 Å². The maximum absolute atomic E-state index is 2.38. The maximum atomic E-state index is 2.38. The highest BCUT2D eigenvalue weighted by molar-refractivity contribution is 8.31. The first-order chi connectivity index (χ1) is 16.3. The van der Waals surface area contributed by atoms with Crippen LogP contribution < -0.4 is 0 Å².